The van der Waals surface area contributed by atoms with Gasteiger partial charge < -0.3 is 28.7 Å². The Labute approximate surface area is 224 Å². The highest BCUT2D eigenvalue weighted by Gasteiger charge is 2.55. The molecule has 0 aliphatic carbocycles. The molecule has 0 aromatic heterocycles. The molecular weight excluding hydrogens is 547 g/mol. The Kier molecular flexibility index (Phi) is 9.52. The number of nitrogens with one attached hydrogen (secondary N) is 1. The number of carbonyl (C=O) groups excluding carboxylic acids is 3. The molecule has 0 radical (unpaired) electrons. The monoisotopic (exact) mass is 576 g/mol. The van der Waals surface area contributed by atoms with E-state index in [0.717, 1.165) is 4.90 Å². The van der Waals surface area contributed by atoms with Crippen LogP contribution in [0.15, 0.2) is 36.5 Å². The highest BCUT2D eigenvalue weighted by Crippen LogP contribution is 2.47. The van der Waals surface area contributed by atoms with E-state index in [4.69, 9.17) is 41.9 Å². The second-order valence-electron chi connectivity index (χ2n) is 9.13. The van der Waals surface area contributed by atoms with Gasteiger partial charge in [-0.1, -0.05) is 11.6 Å². The second kappa shape index (κ2) is 11.9. The normalized spacial score (nSPS) is 28.3. The largest absolute Gasteiger partial charge is 0.462 e. The third kappa shape index (κ3) is 7.36. The van der Waals surface area contributed by atoms with Crippen molar-refractivity contribution in [1.82, 2.24) is 9.99 Å². The Morgan fingerprint density at radius 2 is 1.97 bits per heavy atom. The molecule has 11 nitrogen and oxygen atoms in total. The Morgan fingerprint density at radius 1 is 1.32 bits per heavy atom. The van der Waals surface area contributed by atoms with Gasteiger partial charge in [-0.05, 0) is 69.8 Å². The summed E-state index contributed by atoms with van der Waals surface area (Å²) in [6.45, 7) is 2.43. The van der Waals surface area contributed by atoms with Gasteiger partial charge in [-0.2, -0.15) is 0 Å². The van der Waals surface area contributed by atoms with E-state index < -0.39 is 48.6 Å². The molecule has 0 bridgehead atoms. The van der Waals surface area contributed by atoms with Crippen LogP contribution >= 0.6 is 18.2 Å². The molecule has 3 rings (SSSR count). The molecule has 6 atom stereocenters. The number of halogens is 1. The number of aliphatic hydroxyl groups excluding tert-OH is 1. The number of esters is 1. The molecule has 1 unspecified atom stereocenters. The molecule has 1 fully saturated rings. The minimum Gasteiger partial charge on any atom is -0.462 e. The number of hydrogen-bond acceptors (Lipinski definition) is 10. The first-order valence-electron chi connectivity index (χ1n) is 11.5. The Balaban J connectivity index is 1.77. The van der Waals surface area contributed by atoms with E-state index in [2.05, 4.69) is 5.09 Å². The lowest BCUT2D eigenvalue weighted by molar-refractivity contribution is -0.158. The first-order valence-corrected chi connectivity index (χ1v) is 14.5. The summed E-state index contributed by atoms with van der Waals surface area (Å²) < 4.78 is 22.8. The molecule has 2 heterocycles. The van der Waals surface area contributed by atoms with Crippen molar-refractivity contribution in [3.8, 4) is 5.75 Å². The van der Waals surface area contributed by atoms with Gasteiger partial charge in [-0.3, -0.25) is 19.3 Å². The predicted molar refractivity (Wildman–Crippen MR) is 137 cm³/mol. The summed E-state index contributed by atoms with van der Waals surface area (Å²) in [5, 5.41) is 25.1. The quantitative estimate of drug-likeness (QED) is 0.214. The fourth-order valence-electron chi connectivity index (χ4n) is 3.65. The number of rotatable bonds is 10. The van der Waals surface area contributed by atoms with Crippen LogP contribution in [-0.2, 0) is 40.2 Å². The average molecular weight is 577 g/mol. The van der Waals surface area contributed by atoms with Crippen LogP contribution in [0.5, 0.6) is 5.75 Å². The molecule has 1 aromatic rings. The molecule has 3 N–H and O–H groups in total. The number of amides is 1. The molecule has 204 valence electrons. The van der Waals surface area contributed by atoms with Crippen LogP contribution in [0.25, 0.3) is 0 Å². The first kappa shape index (κ1) is 29.7. The average Bonchev–Trinajstić information content (AvgIpc) is 3.02. The molecule has 2 aliphatic rings. The summed E-state index contributed by atoms with van der Waals surface area (Å²) in [7, 11) is 0. The van der Waals surface area contributed by atoms with Gasteiger partial charge >= 0.3 is 12.6 Å². The van der Waals surface area contributed by atoms with Crippen LogP contribution in [0.2, 0.25) is 5.02 Å². The molecule has 1 amide bonds. The zero-order valence-corrected chi connectivity index (χ0v) is 23.2. The molecule has 1 saturated heterocycles. The lowest BCUT2D eigenvalue weighted by Gasteiger charge is -2.34. The highest BCUT2D eigenvalue weighted by atomic mass is 35.5. The summed E-state index contributed by atoms with van der Waals surface area (Å²) >= 11 is 11.6. The van der Waals surface area contributed by atoms with Crippen molar-refractivity contribution < 1.29 is 43.1 Å². The molecule has 0 saturated carbocycles. The van der Waals surface area contributed by atoms with Crippen LogP contribution in [0.4, 0.5) is 0 Å². The molecule has 2 aliphatic heterocycles. The number of ether oxygens (including phenoxy) is 2. The van der Waals surface area contributed by atoms with Gasteiger partial charge in [0.05, 0.1) is 19.1 Å². The van der Waals surface area contributed by atoms with Crippen molar-refractivity contribution >= 4 is 47.7 Å². The maximum Gasteiger partial charge on any atom is 0.323 e. The zero-order valence-electron chi connectivity index (χ0n) is 20.7. The molecular formula is C23H30ClN2O9PS. The minimum absolute atomic E-state index is 0.316. The Morgan fingerprint density at radius 3 is 2.57 bits per heavy atom. The third-order valence-electron chi connectivity index (χ3n) is 5.55. The van der Waals surface area contributed by atoms with Crippen LogP contribution in [0, 0.1) is 0 Å². The van der Waals surface area contributed by atoms with E-state index in [1.807, 2.05) is 0 Å². The fourth-order valence-corrected chi connectivity index (χ4v) is 6.20. The van der Waals surface area contributed by atoms with Gasteiger partial charge in [-0.25, -0.2) is 5.09 Å². The number of allylic oxidation sites excluding steroid dienone is 1. The predicted octanol–water partition coefficient (Wildman–Crippen LogP) is 2.04. The number of ketones is 1. The van der Waals surface area contributed by atoms with Crippen LogP contribution in [0.3, 0.4) is 0 Å². The van der Waals surface area contributed by atoms with Gasteiger partial charge in [0.15, 0.2) is 12.0 Å². The van der Waals surface area contributed by atoms with E-state index in [0.29, 0.717) is 10.8 Å². The van der Waals surface area contributed by atoms with E-state index >= 15 is 0 Å². The van der Waals surface area contributed by atoms with Crippen LogP contribution in [-0.4, -0.2) is 75.6 Å². The van der Waals surface area contributed by atoms with Gasteiger partial charge in [0, 0.05) is 11.2 Å². The number of hydrogen-bond donors (Lipinski definition) is 3. The molecule has 0 spiro atoms. The summed E-state index contributed by atoms with van der Waals surface area (Å²) in [6, 6.07) is 5.42. The molecule has 37 heavy (non-hydrogen) atoms. The van der Waals surface area contributed by atoms with E-state index in [-0.39, 0.29) is 24.9 Å². The topological polar surface area (TPSA) is 144 Å². The van der Waals surface area contributed by atoms with E-state index in [1.165, 1.54) is 26.1 Å². The van der Waals surface area contributed by atoms with Gasteiger partial charge in [0.25, 0.3) is 0 Å². The van der Waals surface area contributed by atoms with Crippen molar-refractivity contribution in [3.63, 3.8) is 0 Å². The number of carbonyl (C=O) groups is 3. The lowest BCUT2D eigenvalue weighted by Crippen LogP contribution is -2.54. The standard InChI is InChI=1S/C23H30ClN2O9PS/c1-13(2)33-21(30)14(3)25-36(37,35-17-7-5-15(24)6-8-17)32-12-18-20(29)23(4,31)22(34-18)26-10-9-16(27)11-19(26)28/h5-10,13-14,18,20,22,29,31H,11-12H2,1-4H3,(H,25,37)/t14-,18+,20+,22+,23+,36?/m0/s1. The Hall–Kier alpha value is -1.89. The van der Waals surface area contributed by atoms with E-state index in [9.17, 15) is 24.6 Å². The van der Waals surface area contributed by atoms with Crippen molar-refractivity contribution in [2.24, 2.45) is 0 Å². The fraction of sp³-hybridized carbons (Fsp3) is 0.522. The maximum atomic E-state index is 12.4. The van der Waals surface area contributed by atoms with Crippen LogP contribution in [0.1, 0.15) is 34.1 Å². The summed E-state index contributed by atoms with van der Waals surface area (Å²) in [5.41, 5.74) is -1.89. The summed E-state index contributed by atoms with van der Waals surface area (Å²) in [5.74, 6) is -1.22. The zero-order chi connectivity index (χ0) is 27.5. The van der Waals surface area contributed by atoms with Crippen LogP contribution < -0.4 is 9.61 Å². The summed E-state index contributed by atoms with van der Waals surface area (Å²) in [4.78, 5) is 37.3. The van der Waals surface area contributed by atoms with Crippen molar-refractivity contribution in [2.45, 2.75) is 70.3 Å². The van der Waals surface area contributed by atoms with Gasteiger partial charge in [-0.15, -0.1) is 0 Å². The maximum absolute atomic E-state index is 12.4. The molecule has 1 aromatic carbocycles. The van der Waals surface area contributed by atoms with Crippen molar-refractivity contribution in [2.75, 3.05) is 6.61 Å². The number of aliphatic hydroxyl groups is 2. The number of nitrogens with zero attached hydrogens (tertiary/aromatic N) is 1. The van der Waals surface area contributed by atoms with E-state index in [1.54, 1.807) is 38.1 Å². The van der Waals surface area contributed by atoms with Gasteiger partial charge in [0.1, 0.15) is 29.6 Å². The third-order valence-corrected chi connectivity index (χ3v) is 8.30. The van der Waals surface area contributed by atoms with Gasteiger partial charge in [0.2, 0.25) is 5.91 Å². The smallest absolute Gasteiger partial charge is 0.323 e. The Bertz CT molecular complexity index is 1100. The van der Waals surface area contributed by atoms with Crippen molar-refractivity contribution in [1.29, 1.82) is 0 Å². The summed E-state index contributed by atoms with van der Waals surface area (Å²) in [6.07, 6.45) is -2.23. The molecule has 14 heteroatoms. The second-order valence-corrected chi connectivity index (χ2v) is 12.7. The SMILES string of the molecule is CC(C)OC(=O)[C@H](C)NP(=S)(OC[C@H]1O[C@@H](N2C=CC(=O)CC2=O)[C@](C)(O)[C@@H]1O)Oc1ccc(Cl)cc1. The van der Waals surface area contributed by atoms with Crippen molar-refractivity contribution in [3.05, 3.63) is 41.6 Å². The highest BCUT2D eigenvalue weighted by molar-refractivity contribution is 8.09. The first-order chi connectivity index (χ1) is 17.2. The number of benzene rings is 1. The lowest BCUT2D eigenvalue weighted by atomic mass is 9.95. The minimum atomic E-state index is -3.48.